The molecule has 3 aromatic rings. The summed E-state index contributed by atoms with van der Waals surface area (Å²) in [5.74, 6) is -0.627. The topological polar surface area (TPSA) is 140 Å². The molecule has 3 rings (SSSR count). The Bertz CT molecular complexity index is 1320. The molecule has 11 nitrogen and oxygen atoms in total. The molecule has 1 amide bonds. The van der Waals surface area contributed by atoms with E-state index in [-0.39, 0.29) is 40.1 Å². The SMILES string of the molecule is CCN(CC)S(=O)(=O)c1cc(NC(=O)c2nnn(-c3cccc([N+](=O)[O-])c3)c2C)ccc1Cl. The molecule has 0 fully saturated rings. The minimum Gasteiger partial charge on any atom is -0.320 e. The van der Waals surface area contributed by atoms with Gasteiger partial charge in [0.1, 0.15) is 4.90 Å². The molecule has 1 heterocycles. The zero-order chi connectivity index (χ0) is 24.3. The van der Waals surface area contributed by atoms with Crippen LogP contribution in [0.5, 0.6) is 0 Å². The standard InChI is InChI=1S/C20H21ClN6O5S/c1-4-25(5-2)33(31,32)18-11-14(9-10-17(18)21)22-20(28)19-13(3)26(24-23-19)15-7-6-8-16(12-15)27(29)30/h6-12H,4-5H2,1-3H3,(H,22,28). The van der Waals surface area contributed by atoms with Crippen LogP contribution in [0.1, 0.15) is 30.0 Å². The fourth-order valence-electron chi connectivity index (χ4n) is 3.19. The Morgan fingerprint density at radius 1 is 1.21 bits per heavy atom. The predicted molar refractivity (Wildman–Crippen MR) is 122 cm³/mol. The van der Waals surface area contributed by atoms with Crippen molar-refractivity contribution in [3.63, 3.8) is 0 Å². The molecule has 0 radical (unpaired) electrons. The predicted octanol–water partition coefficient (Wildman–Crippen LogP) is 3.42. The van der Waals surface area contributed by atoms with E-state index in [1.807, 2.05) is 0 Å². The summed E-state index contributed by atoms with van der Waals surface area (Å²) in [5.41, 5.74) is 0.769. The molecule has 1 N–H and O–H groups in total. The number of carbonyl (C=O) groups is 1. The lowest BCUT2D eigenvalue weighted by molar-refractivity contribution is -0.384. The lowest BCUT2D eigenvalue weighted by atomic mass is 10.2. The van der Waals surface area contributed by atoms with Crippen molar-refractivity contribution in [1.82, 2.24) is 19.3 Å². The zero-order valence-electron chi connectivity index (χ0n) is 18.0. The van der Waals surface area contributed by atoms with Gasteiger partial charge in [-0.05, 0) is 31.2 Å². The Hall–Kier alpha value is -3.35. The molecular formula is C20H21ClN6O5S. The molecule has 0 aliphatic rings. The van der Waals surface area contributed by atoms with E-state index in [9.17, 15) is 23.3 Å². The van der Waals surface area contributed by atoms with Gasteiger partial charge in [-0.15, -0.1) is 5.10 Å². The highest BCUT2D eigenvalue weighted by Gasteiger charge is 2.25. The van der Waals surface area contributed by atoms with Gasteiger partial charge >= 0.3 is 0 Å². The number of carbonyl (C=O) groups excluding carboxylic acids is 1. The number of non-ortho nitro benzene ring substituents is 1. The van der Waals surface area contributed by atoms with Crippen molar-refractivity contribution in [2.75, 3.05) is 18.4 Å². The van der Waals surface area contributed by atoms with Gasteiger partial charge in [-0.25, -0.2) is 13.1 Å². The first-order valence-electron chi connectivity index (χ1n) is 9.88. The first kappa shape index (κ1) is 24.3. The summed E-state index contributed by atoms with van der Waals surface area (Å²) in [6, 6.07) is 9.90. The molecular weight excluding hydrogens is 472 g/mol. The van der Waals surface area contributed by atoms with Gasteiger partial charge < -0.3 is 5.32 Å². The van der Waals surface area contributed by atoms with Crippen LogP contribution in [0.15, 0.2) is 47.4 Å². The van der Waals surface area contributed by atoms with E-state index < -0.39 is 20.9 Å². The van der Waals surface area contributed by atoms with E-state index in [2.05, 4.69) is 15.6 Å². The lowest BCUT2D eigenvalue weighted by Gasteiger charge is -2.19. The number of sulfonamides is 1. The van der Waals surface area contributed by atoms with Gasteiger partial charge in [-0.2, -0.15) is 4.31 Å². The number of nitro groups is 1. The van der Waals surface area contributed by atoms with Crippen LogP contribution in [0, 0.1) is 17.0 Å². The summed E-state index contributed by atoms with van der Waals surface area (Å²) in [4.78, 5) is 23.2. The smallest absolute Gasteiger partial charge is 0.278 e. The van der Waals surface area contributed by atoms with Gasteiger partial charge in [-0.1, -0.05) is 36.7 Å². The maximum Gasteiger partial charge on any atom is 0.278 e. The average molecular weight is 493 g/mol. The van der Waals surface area contributed by atoms with Gasteiger partial charge in [0.2, 0.25) is 10.0 Å². The largest absolute Gasteiger partial charge is 0.320 e. The number of nitrogens with zero attached hydrogens (tertiary/aromatic N) is 5. The van der Waals surface area contributed by atoms with E-state index >= 15 is 0 Å². The number of anilines is 1. The second-order valence-electron chi connectivity index (χ2n) is 6.90. The molecule has 2 aromatic carbocycles. The summed E-state index contributed by atoms with van der Waals surface area (Å²) in [5, 5.41) is 21.5. The molecule has 0 aliphatic heterocycles. The van der Waals surface area contributed by atoms with Gasteiger partial charge in [0.25, 0.3) is 11.6 Å². The minimum atomic E-state index is -3.84. The van der Waals surface area contributed by atoms with Gasteiger partial charge in [0.05, 0.1) is 21.3 Å². The van der Waals surface area contributed by atoms with Crippen LogP contribution in [0.4, 0.5) is 11.4 Å². The van der Waals surface area contributed by atoms with Crippen LogP contribution >= 0.6 is 11.6 Å². The molecule has 0 saturated heterocycles. The second-order valence-corrected chi connectivity index (χ2v) is 9.21. The van der Waals surface area contributed by atoms with Crippen molar-refractivity contribution in [2.24, 2.45) is 0 Å². The maximum absolute atomic E-state index is 12.9. The molecule has 1 aromatic heterocycles. The molecule has 174 valence electrons. The van der Waals surface area contributed by atoms with Crippen LogP contribution in [0.25, 0.3) is 5.69 Å². The number of nitro benzene ring substituents is 1. The van der Waals surface area contributed by atoms with Gasteiger partial charge in [0, 0.05) is 30.9 Å². The van der Waals surface area contributed by atoms with Crippen molar-refractivity contribution < 1.29 is 18.1 Å². The van der Waals surface area contributed by atoms with E-state index in [1.54, 1.807) is 26.8 Å². The summed E-state index contributed by atoms with van der Waals surface area (Å²) in [7, 11) is -3.84. The monoisotopic (exact) mass is 492 g/mol. The average Bonchev–Trinajstić information content (AvgIpc) is 3.17. The first-order chi connectivity index (χ1) is 15.6. The molecule has 0 bridgehead atoms. The fourth-order valence-corrected chi connectivity index (χ4v) is 5.15. The number of amides is 1. The Morgan fingerprint density at radius 3 is 2.55 bits per heavy atom. The highest BCUT2D eigenvalue weighted by molar-refractivity contribution is 7.89. The number of rotatable bonds is 8. The van der Waals surface area contributed by atoms with Crippen molar-refractivity contribution in [1.29, 1.82) is 0 Å². The Kier molecular flexibility index (Phi) is 7.10. The fraction of sp³-hybridized carbons (Fsp3) is 0.250. The second kappa shape index (κ2) is 9.65. The van der Waals surface area contributed by atoms with Crippen LogP contribution < -0.4 is 5.32 Å². The zero-order valence-corrected chi connectivity index (χ0v) is 19.6. The van der Waals surface area contributed by atoms with Crippen molar-refractivity contribution in [3.05, 3.63) is 69.0 Å². The number of aromatic nitrogens is 3. The van der Waals surface area contributed by atoms with Gasteiger partial charge in [0.15, 0.2) is 5.69 Å². The van der Waals surface area contributed by atoms with Crippen LogP contribution in [0.2, 0.25) is 5.02 Å². The molecule has 33 heavy (non-hydrogen) atoms. The Balaban J connectivity index is 1.90. The third kappa shape index (κ3) is 4.87. The van der Waals surface area contributed by atoms with Crippen molar-refractivity contribution >= 4 is 38.9 Å². The van der Waals surface area contributed by atoms with Crippen molar-refractivity contribution in [3.8, 4) is 5.69 Å². The normalized spacial score (nSPS) is 11.5. The number of hydrogen-bond acceptors (Lipinski definition) is 7. The van der Waals surface area contributed by atoms with E-state index in [0.717, 1.165) is 0 Å². The Morgan fingerprint density at radius 2 is 1.91 bits per heavy atom. The molecule has 0 aliphatic carbocycles. The maximum atomic E-state index is 12.9. The van der Waals surface area contributed by atoms with E-state index in [1.165, 1.54) is 45.4 Å². The number of hydrogen-bond donors (Lipinski definition) is 1. The molecule has 0 atom stereocenters. The summed E-state index contributed by atoms with van der Waals surface area (Å²) in [6.45, 7) is 5.56. The lowest BCUT2D eigenvalue weighted by Crippen LogP contribution is -2.30. The van der Waals surface area contributed by atoms with E-state index in [4.69, 9.17) is 11.6 Å². The molecule has 13 heteroatoms. The highest BCUT2D eigenvalue weighted by atomic mass is 35.5. The quantitative estimate of drug-likeness (QED) is 0.375. The van der Waals surface area contributed by atoms with Crippen LogP contribution in [-0.4, -0.2) is 51.6 Å². The molecule has 0 saturated carbocycles. The van der Waals surface area contributed by atoms with Crippen LogP contribution in [-0.2, 0) is 10.0 Å². The summed E-state index contributed by atoms with van der Waals surface area (Å²) >= 11 is 6.13. The number of nitrogens with one attached hydrogen (secondary N) is 1. The van der Waals surface area contributed by atoms with Crippen LogP contribution in [0.3, 0.4) is 0 Å². The molecule has 0 spiro atoms. The summed E-state index contributed by atoms with van der Waals surface area (Å²) < 4.78 is 28.3. The first-order valence-corrected chi connectivity index (χ1v) is 11.7. The number of halogens is 1. The highest BCUT2D eigenvalue weighted by Crippen LogP contribution is 2.28. The number of benzene rings is 2. The Labute approximate surface area is 195 Å². The van der Waals surface area contributed by atoms with Crippen molar-refractivity contribution in [2.45, 2.75) is 25.7 Å². The molecule has 0 unspecified atom stereocenters. The minimum absolute atomic E-state index is 0.0235. The third-order valence-corrected chi connectivity index (χ3v) is 7.44. The third-order valence-electron chi connectivity index (χ3n) is 4.91. The van der Waals surface area contributed by atoms with Gasteiger partial charge in [-0.3, -0.25) is 14.9 Å². The van der Waals surface area contributed by atoms with E-state index in [0.29, 0.717) is 11.4 Å². The summed E-state index contributed by atoms with van der Waals surface area (Å²) in [6.07, 6.45) is 0.